The van der Waals surface area contributed by atoms with Crippen molar-refractivity contribution in [3.05, 3.63) is 45.4 Å². The number of nitrogens with one attached hydrogen (secondary N) is 1. The predicted molar refractivity (Wildman–Crippen MR) is 92.3 cm³/mol. The van der Waals surface area contributed by atoms with Crippen LogP contribution in [0.2, 0.25) is 0 Å². The maximum absolute atomic E-state index is 12.4. The Morgan fingerprint density at radius 2 is 2.09 bits per heavy atom. The molecule has 0 saturated carbocycles. The van der Waals surface area contributed by atoms with Crippen molar-refractivity contribution in [2.24, 2.45) is 0 Å². The second-order valence-corrected chi connectivity index (χ2v) is 6.82. The highest BCUT2D eigenvalue weighted by atomic mass is 32.1. The zero-order chi connectivity index (χ0) is 16.3. The average molecular weight is 317 g/mol. The van der Waals surface area contributed by atoms with Crippen LogP contribution in [0.5, 0.6) is 0 Å². The fourth-order valence-electron chi connectivity index (χ4n) is 2.26. The van der Waals surface area contributed by atoms with Crippen LogP contribution in [-0.4, -0.2) is 28.9 Å². The Balaban J connectivity index is 1.98. The number of rotatable bonds is 5. The minimum Gasteiger partial charge on any atom is -0.324 e. The molecule has 2 aromatic rings. The summed E-state index contributed by atoms with van der Waals surface area (Å²) >= 11 is 1.63. The van der Waals surface area contributed by atoms with Crippen LogP contribution in [-0.2, 0) is 11.3 Å². The Morgan fingerprint density at radius 3 is 2.68 bits per heavy atom. The van der Waals surface area contributed by atoms with Gasteiger partial charge in [0, 0.05) is 17.6 Å². The molecular weight excluding hydrogens is 294 g/mol. The van der Waals surface area contributed by atoms with E-state index in [9.17, 15) is 4.79 Å². The third kappa shape index (κ3) is 4.15. The smallest absolute Gasteiger partial charge is 0.241 e. The molecule has 0 fully saturated rings. The summed E-state index contributed by atoms with van der Waals surface area (Å²) in [7, 11) is 1.95. The molecule has 1 aromatic heterocycles. The zero-order valence-electron chi connectivity index (χ0n) is 13.8. The van der Waals surface area contributed by atoms with Crippen molar-refractivity contribution in [3.8, 4) is 0 Å². The van der Waals surface area contributed by atoms with Crippen molar-refractivity contribution in [3.63, 3.8) is 0 Å². The number of amides is 1. The summed E-state index contributed by atoms with van der Waals surface area (Å²) in [5.74, 6) is 0.00130. The predicted octanol–water partition coefficient (Wildman–Crippen LogP) is 3.53. The van der Waals surface area contributed by atoms with Gasteiger partial charge in [0.05, 0.1) is 16.7 Å². The van der Waals surface area contributed by atoms with Gasteiger partial charge in [-0.1, -0.05) is 17.7 Å². The van der Waals surface area contributed by atoms with Gasteiger partial charge in [-0.05, 0) is 46.4 Å². The van der Waals surface area contributed by atoms with Crippen LogP contribution in [0.1, 0.15) is 28.8 Å². The van der Waals surface area contributed by atoms with E-state index in [4.69, 9.17) is 0 Å². The van der Waals surface area contributed by atoms with E-state index in [1.54, 1.807) is 11.3 Å². The van der Waals surface area contributed by atoms with Gasteiger partial charge in [-0.3, -0.25) is 9.69 Å². The topological polar surface area (TPSA) is 45.2 Å². The van der Waals surface area contributed by atoms with Gasteiger partial charge in [-0.25, -0.2) is 4.98 Å². The molecule has 1 atom stereocenters. The molecule has 118 valence electrons. The van der Waals surface area contributed by atoms with Gasteiger partial charge in [0.1, 0.15) is 0 Å². The Morgan fingerprint density at radius 1 is 1.36 bits per heavy atom. The summed E-state index contributed by atoms with van der Waals surface area (Å²) in [5.41, 5.74) is 4.16. The van der Waals surface area contributed by atoms with Gasteiger partial charge in [0.15, 0.2) is 0 Å². The third-order valence-electron chi connectivity index (χ3n) is 3.76. The Kier molecular flexibility index (Phi) is 5.32. The SMILES string of the molecule is Cc1ccc(NC(=O)C(C)N(C)Cc2csc(C)n2)c(C)c1. The number of likely N-dealkylation sites (N-methyl/N-ethyl adjacent to an activating group) is 1. The van der Waals surface area contributed by atoms with Crippen LogP contribution < -0.4 is 5.32 Å². The summed E-state index contributed by atoms with van der Waals surface area (Å²) in [6, 6.07) is 5.82. The van der Waals surface area contributed by atoms with E-state index in [2.05, 4.69) is 16.4 Å². The summed E-state index contributed by atoms with van der Waals surface area (Å²) < 4.78 is 0. The highest BCUT2D eigenvalue weighted by Gasteiger charge is 2.19. The van der Waals surface area contributed by atoms with Gasteiger partial charge < -0.3 is 5.32 Å². The molecule has 0 radical (unpaired) electrons. The van der Waals surface area contributed by atoms with E-state index in [1.807, 2.05) is 57.2 Å². The van der Waals surface area contributed by atoms with Crippen LogP contribution in [0, 0.1) is 20.8 Å². The number of benzene rings is 1. The van der Waals surface area contributed by atoms with E-state index in [0.717, 1.165) is 22.0 Å². The summed E-state index contributed by atoms with van der Waals surface area (Å²) in [5, 5.41) is 6.10. The van der Waals surface area contributed by atoms with Crippen LogP contribution in [0.4, 0.5) is 5.69 Å². The first-order chi connectivity index (χ1) is 10.4. The second-order valence-electron chi connectivity index (χ2n) is 5.76. The quantitative estimate of drug-likeness (QED) is 0.917. The molecule has 0 aliphatic rings. The van der Waals surface area contributed by atoms with E-state index in [0.29, 0.717) is 6.54 Å². The van der Waals surface area contributed by atoms with Crippen molar-refractivity contribution in [1.29, 1.82) is 0 Å². The second kappa shape index (κ2) is 7.03. The number of aromatic nitrogens is 1. The lowest BCUT2D eigenvalue weighted by atomic mass is 10.1. The van der Waals surface area contributed by atoms with Crippen molar-refractivity contribution >= 4 is 22.9 Å². The van der Waals surface area contributed by atoms with E-state index in [-0.39, 0.29) is 11.9 Å². The first-order valence-corrected chi connectivity index (χ1v) is 8.24. The first kappa shape index (κ1) is 16.6. The summed E-state index contributed by atoms with van der Waals surface area (Å²) in [6.07, 6.45) is 0. The molecule has 1 amide bonds. The maximum atomic E-state index is 12.4. The van der Waals surface area contributed by atoms with E-state index < -0.39 is 0 Å². The number of carbonyl (C=O) groups excluding carboxylic acids is 1. The molecule has 0 spiro atoms. The molecule has 2 rings (SSSR count). The number of carbonyl (C=O) groups is 1. The molecule has 1 N–H and O–H groups in total. The standard InChI is InChI=1S/C17H23N3OS/c1-11-6-7-16(12(2)8-11)19-17(21)13(3)20(5)9-15-10-22-14(4)18-15/h6-8,10,13H,9H2,1-5H3,(H,19,21). The van der Waals surface area contributed by atoms with Gasteiger partial charge in [-0.15, -0.1) is 11.3 Å². The molecule has 4 nitrogen and oxygen atoms in total. The number of nitrogens with zero attached hydrogens (tertiary/aromatic N) is 2. The Bertz CT molecular complexity index is 666. The average Bonchev–Trinajstić information content (AvgIpc) is 2.86. The molecule has 0 aliphatic heterocycles. The van der Waals surface area contributed by atoms with Crippen molar-refractivity contribution in [2.75, 3.05) is 12.4 Å². The Hall–Kier alpha value is -1.72. The lowest BCUT2D eigenvalue weighted by molar-refractivity contribution is -0.120. The molecule has 0 bridgehead atoms. The van der Waals surface area contributed by atoms with Gasteiger partial charge in [0.25, 0.3) is 0 Å². The number of anilines is 1. The van der Waals surface area contributed by atoms with Gasteiger partial charge in [0.2, 0.25) is 5.91 Å². The summed E-state index contributed by atoms with van der Waals surface area (Å²) in [4.78, 5) is 18.9. The number of thiazole rings is 1. The lowest BCUT2D eigenvalue weighted by Crippen LogP contribution is -2.39. The van der Waals surface area contributed by atoms with Gasteiger partial charge >= 0.3 is 0 Å². The van der Waals surface area contributed by atoms with Gasteiger partial charge in [-0.2, -0.15) is 0 Å². The maximum Gasteiger partial charge on any atom is 0.241 e. The van der Waals surface area contributed by atoms with E-state index >= 15 is 0 Å². The fraction of sp³-hybridized carbons (Fsp3) is 0.412. The number of hydrogen-bond acceptors (Lipinski definition) is 4. The summed E-state index contributed by atoms with van der Waals surface area (Å²) in [6.45, 7) is 8.63. The normalized spacial score (nSPS) is 12.5. The van der Waals surface area contributed by atoms with Crippen LogP contribution in [0.15, 0.2) is 23.6 Å². The molecule has 1 aromatic carbocycles. The zero-order valence-corrected chi connectivity index (χ0v) is 14.6. The minimum absolute atomic E-state index is 0.00130. The molecule has 22 heavy (non-hydrogen) atoms. The lowest BCUT2D eigenvalue weighted by Gasteiger charge is -2.23. The molecule has 0 saturated heterocycles. The Labute approximate surface area is 136 Å². The highest BCUT2D eigenvalue weighted by Crippen LogP contribution is 2.17. The van der Waals surface area contributed by atoms with Crippen molar-refractivity contribution < 1.29 is 4.79 Å². The first-order valence-electron chi connectivity index (χ1n) is 7.36. The fourth-order valence-corrected chi connectivity index (χ4v) is 2.87. The monoisotopic (exact) mass is 317 g/mol. The third-order valence-corrected chi connectivity index (χ3v) is 4.58. The molecule has 0 aliphatic carbocycles. The molecule has 1 unspecified atom stereocenters. The van der Waals surface area contributed by atoms with Crippen LogP contribution in [0.25, 0.3) is 0 Å². The molecular formula is C17H23N3OS. The largest absolute Gasteiger partial charge is 0.324 e. The van der Waals surface area contributed by atoms with Crippen molar-refractivity contribution in [2.45, 2.75) is 40.3 Å². The van der Waals surface area contributed by atoms with Crippen LogP contribution >= 0.6 is 11.3 Å². The van der Waals surface area contributed by atoms with Crippen LogP contribution in [0.3, 0.4) is 0 Å². The van der Waals surface area contributed by atoms with E-state index in [1.165, 1.54) is 5.56 Å². The number of hydrogen-bond donors (Lipinski definition) is 1. The number of aryl methyl sites for hydroxylation is 3. The molecule has 5 heteroatoms. The highest BCUT2D eigenvalue weighted by molar-refractivity contribution is 7.09. The minimum atomic E-state index is -0.220. The molecule has 1 heterocycles. The van der Waals surface area contributed by atoms with Crippen molar-refractivity contribution in [1.82, 2.24) is 9.88 Å².